The third-order valence-electron chi connectivity index (χ3n) is 5.05. The van der Waals surface area contributed by atoms with Gasteiger partial charge in [-0.25, -0.2) is 14.3 Å². The average molecular weight is 406 g/mol. The number of rotatable bonds is 5. The molecule has 8 heteroatoms. The van der Waals surface area contributed by atoms with Crippen LogP contribution in [0.4, 0.5) is 11.5 Å². The highest BCUT2D eigenvalue weighted by molar-refractivity contribution is 7.96. The van der Waals surface area contributed by atoms with Crippen molar-refractivity contribution in [3.63, 3.8) is 0 Å². The minimum absolute atomic E-state index is 0.291. The second kappa shape index (κ2) is 8.59. The lowest BCUT2D eigenvalue weighted by molar-refractivity contribution is 0.429. The van der Waals surface area contributed by atoms with Crippen LogP contribution in [0, 0.1) is 5.41 Å². The first-order valence-electron chi connectivity index (χ1n) is 9.41. The molecule has 0 saturated carbocycles. The van der Waals surface area contributed by atoms with Gasteiger partial charge >= 0.3 is 0 Å². The van der Waals surface area contributed by atoms with E-state index in [-0.39, 0.29) is 0 Å². The smallest absolute Gasteiger partial charge is 0.132 e. The first-order valence-corrected chi connectivity index (χ1v) is 10.6. The fraction of sp³-hybridized carbons (Fsp3) is 0.238. The molecule has 1 aromatic carbocycles. The summed E-state index contributed by atoms with van der Waals surface area (Å²) in [5.74, 6) is 0.850. The number of benzene rings is 1. The second-order valence-corrected chi connectivity index (χ2v) is 7.66. The van der Waals surface area contributed by atoms with E-state index in [1.54, 1.807) is 24.3 Å². The maximum Gasteiger partial charge on any atom is 0.132 e. The van der Waals surface area contributed by atoms with Crippen LogP contribution >= 0.6 is 11.9 Å². The molecule has 0 bridgehead atoms. The number of nitrogen functional groups attached to an aromatic ring is 1. The molecule has 0 spiro atoms. The van der Waals surface area contributed by atoms with Gasteiger partial charge in [0.15, 0.2) is 0 Å². The lowest BCUT2D eigenvalue weighted by atomic mass is 9.99. The molecule has 1 saturated heterocycles. The first kappa shape index (κ1) is 19.4. The maximum absolute atomic E-state index is 8.73. The summed E-state index contributed by atoms with van der Waals surface area (Å²) in [7, 11) is 0. The van der Waals surface area contributed by atoms with Gasteiger partial charge in [-0.15, -0.1) is 0 Å². The van der Waals surface area contributed by atoms with E-state index in [0.717, 1.165) is 43.1 Å². The molecule has 0 amide bonds. The van der Waals surface area contributed by atoms with Gasteiger partial charge in [-0.1, -0.05) is 24.1 Å². The molecule has 2 aromatic heterocycles. The van der Waals surface area contributed by atoms with Crippen molar-refractivity contribution < 1.29 is 0 Å². The lowest BCUT2D eigenvalue weighted by Crippen LogP contribution is -2.43. The minimum atomic E-state index is 0.291. The zero-order chi connectivity index (χ0) is 20.2. The van der Waals surface area contributed by atoms with Crippen molar-refractivity contribution in [3.05, 3.63) is 66.4 Å². The van der Waals surface area contributed by atoms with Gasteiger partial charge in [0.2, 0.25) is 0 Å². The molecule has 3 heterocycles. The third-order valence-corrected chi connectivity index (χ3v) is 5.93. The Hall–Kier alpha value is -2.97. The van der Waals surface area contributed by atoms with Crippen molar-refractivity contribution in [3.8, 4) is 11.1 Å². The van der Waals surface area contributed by atoms with E-state index in [1.807, 2.05) is 36.4 Å². The van der Waals surface area contributed by atoms with E-state index in [2.05, 4.69) is 30.4 Å². The summed E-state index contributed by atoms with van der Waals surface area (Å²) in [6.45, 7) is 3.78. The van der Waals surface area contributed by atoms with Crippen LogP contribution in [-0.2, 0) is 0 Å². The van der Waals surface area contributed by atoms with Gasteiger partial charge in [0, 0.05) is 61.5 Å². The van der Waals surface area contributed by atoms with Gasteiger partial charge in [0.05, 0.1) is 11.4 Å². The minimum Gasteiger partial charge on any atom is -0.398 e. The largest absolute Gasteiger partial charge is 0.398 e. The topological polar surface area (TPSA) is 95.0 Å². The molecule has 0 unspecified atom stereocenters. The summed E-state index contributed by atoms with van der Waals surface area (Å²) < 4.78 is 2.34. The summed E-state index contributed by atoms with van der Waals surface area (Å²) in [4.78, 5) is 15.2. The average Bonchev–Trinajstić information content (AvgIpc) is 2.79. The highest BCUT2D eigenvalue weighted by Crippen LogP contribution is 2.25. The quantitative estimate of drug-likeness (QED) is 0.383. The Morgan fingerprint density at radius 3 is 2.62 bits per heavy atom. The van der Waals surface area contributed by atoms with Crippen molar-refractivity contribution in [2.24, 2.45) is 0 Å². The van der Waals surface area contributed by atoms with Crippen molar-refractivity contribution in [2.45, 2.75) is 0 Å². The summed E-state index contributed by atoms with van der Waals surface area (Å²) >= 11 is 1.77. The van der Waals surface area contributed by atoms with Gasteiger partial charge in [-0.3, -0.25) is 10.4 Å². The van der Waals surface area contributed by atoms with E-state index in [0.29, 0.717) is 22.7 Å². The number of nitrogens with two attached hydrogens (primary N) is 1. The Balaban J connectivity index is 1.60. The Bertz CT molecular complexity index is 1000. The van der Waals surface area contributed by atoms with Crippen LogP contribution in [-0.4, -0.2) is 57.4 Å². The fourth-order valence-electron chi connectivity index (χ4n) is 3.38. The van der Waals surface area contributed by atoms with Gasteiger partial charge in [0.25, 0.3) is 0 Å². The zero-order valence-corrected chi connectivity index (χ0v) is 17.1. The predicted octanol–water partition coefficient (Wildman–Crippen LogP) is 2.94. The van der Waals surface area contributed by atoms with E-state index < -0.39 is 0 Å². The molecule has 148 valence electrons. The Kier molecular flexibility index (Phi) is 5.73. The van der Waals surface area contributed by atoms with Crippen LogP contribution < -0.4 is 10.6 Å². The molecule has 0 radical (unpaired) electrons. The van der Waals surface area contributed by atoms with Crippen LogP contribution in [0.25, 0.3) is 11.1 Å². The highest BCUT2D eigenvalue weighted by Gasteiger charge is 2.19. The van der Waals surface area contributed by atoms with E-state index in [4.69, 9.17) is 11.1 Å². The molecule has 4 rings (SSSR count). The van der Waals surface area contributed by atoms with E-state index in [1.165, 1.54) is 6.33 Å². The number of piperazine rings is 1. The van der Waals surface area contributed by atoms with Gasteiger partial charge in [-0.05, 0) is 30.0 Å². The third kappa shape index (κ3) is 4.23. The molecule has 1 aliphatic rings. The van der Waals surface area contributed by atoms with Gasteiger partial charge < -0.3 is 10.6 Å². The highest BCUT2D eigenvalue weighted by atomic mass is 32.2. The normalized spacial score (nSPS) is 14.7. The summed E-state index contributed by atoms with van der Waals surface area (Å²) in [6.07, 6.45) is 7.17. The summed E-state index contributed by atoms with van der Waals surface area (Å²) in [5.41, 5.74) is 10.2. The lowest BCUT2D eigenvalue weighted by Gasteiger charge is -2.34. The van der Waals surface area contributed by atoms with Crippen LogP contribution in [0.1, 0.15) is 11.3 Å². The zero-order valence-electron chi connectivity index (χ0n) is 16.2. The number of hydrogen-bond acceptors (Lipinski definition) is 8. The molecule has 7 nitrogen and oxygen atoms in total. The van der Waals surface area contributed by atoms with Crippen LogP contribution in [0.5, 0.6) is 0 Å². The van der Waals surface area contributed by atoms with Crippen molar-refractivity contribution in [1.29, 1.82) is 5.41 Å². The van der Waals surface area contributed by atoms with E-state index in [9.17, 15) is 0 Å². The monoisotopic (exact) mass is 405 g/mol. The molecule has 0 aliphatic carbocycles. The van der Waals surface area contributed by atoms with Crippen molar-refractivity contribution in [1.82, 2.24) is 19.3 Å². The van der Waals surface area contributed by atoms with Gasteiger partial charge in [0.1, 0.15) is 12.1 Å². The van der Waals surface area contributed by atoms with Crippen molar-refractivity contribution >= 4 is 29.2 Å². The number of pyridine rings is 1. The van der Waals surface area contributed by atoms with Crippen LogP contribution in [0.3, 0.4) is 0 Å². The first-order chi connectivity index (χ1) is 14.2. The van der Waals surface area contributed by atoms with E-state index >= 15 is 0 Å². The SMILES string of the molecule is CSN1CCN(c2cc(C(=N)c3cc(-c4cccnc4)ccc3N)ncn2)CC1. The molecule has 1 fully saturated rings. The Morgan fingerprint density at radius 1 is 1.07 bits per heavy atom. The number of nitrogens with one attached hydrogen (secondary N) is 1. The summed E-state index contributed by atoms with van der Waals surface area (Å²) in [5, 5.41) is 8.73. The molecule has 29 heavy (non-hydrogen) atoms. The number of anilines is 2. The molecule has 0 atom stereocenters. The number of nitrogens with zero attached hydrogens (tertiary/aromatic N) is 5. The molecule has 3 N–H and O–H groups in total. The molecule has 1 aliphatic heterocycles. The van der Waals surface area contributed by atoms with Crippen LogP contribution in [0.15, 0.2) is 55.1 Å². The predicted molar refractivity (Wildman–Crippen MR) is 119 cm³/mol. The Morgan fingerprint density at radius 2 is 1.90 bits per heavy atom. The second-order valence-electron chi connectivity index (χ2n) is 6.78. The Labute approximate surface area is 174 Å². The number of hydrogen-bond donors (Lipinski definition) is 2. The number of aromatic nitrogens is 3. The fourth-order valence-corrected chi connectivity index (χ4v) is 3.91. The molecular weight excluding hydrogens is 382 g/mol. The van der Waals surface area contributed by atoms with Crippen molar-refractivity contribution in [2.75, 3.05) is 43.1 Å². The standard InChI is InChI=1S/C21H23N7S/c1-29-28-9-7-27(8-10-28)20-12-19(25-14-26-20)21(23)17-11-15(4-5-18(17)22)16-3-2-6-24-13-16/h2-6,11-14,23H,7-10,22H2,1H3. The molecule has 3 aromatic rings. The van der Waals surface area contributed by atoms with Crippen LogP contribution in [0.2, 0.25) is 0 Å². The summed E-state index contributed by atoms with van der Waals surface area (Å²) in [6, 6.07) is 11.5. The maximum atomic E-state index is 8.73. The van der Waals surface area contributed by atoms with Gasteiger partial charge in [-0.2, -0.15) is 0 Å². The molecular formula is C21H23N7S.